The fourth-order valence-electron chi connectivity index (χ4n) is 4.50. The van der Waals surface area contributed by atoms with Crippen molar-refractivity contribution in [2.24, 2.45) is 5.92 Å². The molecule has 4 rings (SSSR count). The van der Waals surface area contributed by atoms with Crippen LogP contribution in [0.3, 0.4) is 0 Å². The predicted molar refractivity (Wildman–Crippen MR) is 69.3 cm³/mol. The molecule has 0 aromatic rings. The number of hydrogen-bond donors (Lipinski definition) is 0. The molecule has 1 saturated heterocycles. The van der Waals surface area contributed by atoms with Crippen LogP contribution in [0.2, 0.25) is 0 Å². The monoisotopic (exact) mass is 261 g/mol. The second-order valence-electron chi connectivity index (χ2n) is 5.95. The van der Waals surface area contributed by atoms with Crippen LogP contribution >= 0.6 is 0 Å². The van der Waals surface area contributed by atoms with Gasteiger partial charge >= 0.3 is 5.97 Å². The first kappa shape index (κ1) is 11.5. The molecule has 0 aromatic heterocycles. The minimum atomic E-state index is -0.0802. The minimum Gasteiger partial charge on any atom is -0.501 e. The third kappa shape index (κ3) is 1.35. The summed E-state index contributed by atoms with van der Waals surface area (Å²) >= 11 is 0. The molecular formula is C15H19NO3. The van der Waals surface area contributed by atoms with Crippen molar-refractivity contribution in [3.63, 3.8) is 0 Å². The summed E-state index contributed by atoms with van der Waals surface area (Å²) in [7, 11) is 1.74. The van der Waals surface area contributed by atoms with Crippen LogP contribution in [-0.2, 0) is 14.3 Å². The standard InChI is InChI=1S/C15H19NO3/c1-18-12-2-5-15-11(8-12)4-7-16(15)6-3-10-9-19-14(17)13(10)15/h8,11H,2-7,9H2,1H3/t11-,15+/m1/s1. The molecule has 3 aliphatic heterocycles. The van der Waals surface area contributed by atoms with E-state index in [9.17, 15) is 4.79 Å². The van der Waals surface area contributed by atoms with E-state index in [1.165, 1.54) is 5.57 Å². The number of esters is 1. The Kier molecular flexibility index (Phi) is 2.34. The van der Waals surface area contributed by atoms with Gasteiger partial charge in [0.15, 0.2) is 0 Å². The van der Waals surface area contributed by atoms with Crippen LogP contribution in [-0.4, -0.2) is 43.2 Å². The molecule has 0 N–H and O–H groups in total. The Labute approximate surface area is 113 Å². The first-order valence-corrected chi connectivity index (χ1v) is 7.15. The zero-order valence-electron chi connectivity index (χ0n) is 11.3. The fraction of sp³-hybridized carbons (Fsp3) is 0.667. The molecule has 0 aromatic carbocycles. The highest BCUT2D eigenvalue weighted by molar-refractivity contribution is 5.95. The number of nitrogens with zero attached hydrogens (tertiary/aromatic N) is 1. The summed E-state index contributed by atoms with van der Waals surface area (Å²) in [6, 6.07) is 0. The molecule has 1 aliphatic carbocycles. The summed E-state index contributed by atoms with van der Waals surface area (Å²) in [4.78, 5) is 14.7. The van der Waals surface area contributed by atoms with Crippen molar-refractivity contribution < 1.29 is 14.3 Å². The van der Waals surface area contributed by atoms with Gasteiger partial charge in [-0.3, -0.25) is 4.90 Å². The zero-order valence-corrected chi connectivity index (χ0v) is 11.3. The Morgan fingerprint density at radius 1 is 1.42 bits per heavy atom. The molecule has 0 radical (unpaired) electrons. The van der Waals surface area contributed by atoms with Gasteiger partial charge < -0.3 is 9.47 Å². The van der Waals surface area contributed by atoms with E-state index in [1.807, 2.05) is 0 Å². The Morgan fingerprint density at radius 3 is 3.16 bits per heavy atom. The normalized spacial score (nSPS) is 37.4. The van der Waals surface area contributed by atoms with Crippen molar-refractivity contribution in [1.82, 2.24) is 4.90 Å². The zero-order chi connectivity index (χ0) is 13.0. The molecular weight excluding hydrogens is 242 g/mol. The molecule has 0 unspecified atom stereocenters. The molecule has 4 heteroatoms. The lowest BCUT2D eigenvalue weighted by Crippen LogP contribution is -2.54. The number of carbonyl (C=O) groups is 1. The van der Waals surface area contributed by atoms with Crippen molar-refractivity contribution in [2.75, 3.05) is 26.8 Å². The molecule has 0 saturated carbocycles. The van der Waals surface area contributed by atoms with E-state index >= 15 is 0 Å². The van der Waals surface area contributed by atoms with Crippen LogP contribution in [0.25, 0.3) is 0 Å². The highest BCUT2D eigenvalue weighted by atomic mass is 16.5. The maximum Gasteiger partial charge on any atom is 0.336 e. The third-order valence-electron chi connectivity index (χ3n) is 5.34. The molecule has 1 fully saturated rings. The lowest BCUT2D eigenvalue weighted by molar-refractivity contribution is -0.137. The number of carbonyl (C=O) groups excluding carboxylic acids is 1. The van der Waals surface area contributed by atoms with Crippen LogP contribution in [0.1, 0.15) is 25.7 Å². The third-order valence-corrected chi connectivity index (χ3v) is 5.34. The molecule has 3 heterocycles. The van der Waals surface area contributed by atoms with Crippen molar-refractivity contribution >= 4 is 5.97 Å². The smallest absolute Gasteiger partial charge is 0.336 e. The topological polar surface area (TPSA) is 38.8 Å². The van der Waals surface area contributed by atoms with E-state index in [-0.39, 0.29) is 11.5 Å². The average Bonchev–Trinajstić information content (AvgIpc) is 2.99. The summed E-state index contributed by atoms with van der Waals surface area (Å²) in [5, 5.41) is 0. The van der Waals surface area contributed by atoms with E-state index in [0.717, 1.165) is 50.1 Å². The average molecular weight is 261 g/mol. The fourth-order valence-corrected chi connectivity index (χ4v) is 4.50. The molecule has 0 amide bonds. The molecule has 19 heavy (non-hydrogen) atoms. The van der Waals surface area contributed by atoms with Gasteiger partial charge in [-0.15, -0.1) is 0 Å². The minimum absolute atomic E-state index is 0.0686. The van der Waals surface area contributed by atoms with E-state index < -0.39 is 0 Å². The lowest BCUT2D eigenvalue weighted by atomic mass is 9.69. The summed E-state index contributed by atoms with van der Waals surface area (Å²) < 4.78 is 10.7. The first-order chi connectivity index (χ1) is 9.25. The molecule has 102 valence electrons. The van der Waals surface area contributed by atoms with Crippen molar-refractivity contribution in [3.05, 3.63) is 23.0 Å². The van der Waals surface area contributed by atoms with Crippen molar-refractivity contribution in [1.29, 1.82) is 0 Å². The van der Waals surface area contributed by atoms with Crippen molar-refractivity contribution in [2.45, 2.75) is 31.2 Å². The Bertz CT molecular complexity index is 508. The lowest BCUT2D eigenvalue weighted by Gasteiger charge is -2.47. The van der Waals surface area contributed by atoms with Gasteiger partial charge in [0.25, 0.3) is 0 Å². The van der Waals surface area contributed by atoms with E-state index in [4.69, 9.17) is 9.47 Å². The Balaban J connectivity index is 1.84. The number of rotatable bonds is 1. The summed E-state index contributed by atoms with van der Waals surface area (Å²) in [6.45, 7) is 2.68. The van der Waals surface area contributed by atoms with Crippen LogP contribution in [0.15, 0.2) is 23.0 Å². The van der Waals surface area contributed by atoms with Gasteiger partial charge in [-0.1, -0.05) is 0 Å². The van der Waals surface area contributed by atoms with E-state index in [0.29, 0.717) is 12.5 Å². The molecule has 0 bridgehead atoms. The van der Waals surface area contributed by atoms with E-state index in [1.54, 1.807) is 7.11 Å². The maximum absolute atomic E-state index is 12.2. The maximum atomic E-state index is 12.2. The molecule has 4 nitrogen and oxygen atoms in total. The van der Waals surface area contributed by atoms with Crippen molar-refractivity contribution in [3.8, 4) is 0 Å². The number of methoxy groups -OCH3 is 1. The second-order valence-corrected chi connectivity index (χ2v) is 5.95. The van der Waals surface area contributed by atoms with Crippen LogP contribution < -0.4 is 0 Å². The summed E-state index contributed by atoms with van der Waals surface area (Å²) in [5.41, 5.74) is 2.17. The van der Waals surface area contributed by atoms with Gasteiger partial charge in [0, 0.05) is 18.9 Å². The van der Waals surface area contributed by atoms with E-state index in [2.05, 4.69) is 11.0 Å². The Hall–Kier alpha value is -1.29. The highest BCUT2D eigenvalue weighted by Crippen LogP contribution is 2.53. The number of cyclic esters (lactones) is 1. The summed E-state index contributed by atoms with van der Waals surface area (Å²) in [5.74, 6) is 1.42. The van der Waals surface area contributed by atoms with Gasteiger partial charge in [0.2, 0.25) is 0 Å². The summed E-state index contributed by atoms with van der Waals surface area (Å²) in [6.07, 6.45) is 6.29. The number of hydrogen-bond acceptors (Lipinski definition) is 4. The largest absolute Gasteiger partial charge is 0.501 e. The molecule has 4 aliphatic rings. The number of ether oxygens (including phenoxy) is 2. The second kappa shape index (κ2) is 3.85. The highest BCUT2D eigenvalue weighted by Gasteiger charge is 2.57. The first-order valence-electron chi connectivity index (χ1n) is 7.15. The molecule has 1 spiro atoms. The SMILES string of the molecule is COC1=C[C@H]2CCN3CCC4=C(C(=O)OC4)[C@]23CC1. The van der Waals surface area contributed by atoms with Crippen LogP contribution in [0.5, 0.6) is 0 Å². The van der Waals surface area contributed by atoms with Crippen LogP contribution in [0, 0.1) is 5.92 Å². The number of allylic oxidation sites excluding steroid dienone is 1. The van der Waals surface area contributed by atoms with Gasteiger partial charge in [-0.25, -0.2) is 4.79 Å². The van der Waals surface area contributed by atoms with Gasteiger partial charge in [-0.05, 0) is 37.5 Å². The quantitative estimate of drug-likeness (QED) is 0.672. The van der Waals surface area contributed by atoms with Gasteiger partial charge in [0.1, 0.15) is 6.61 Å². The Morgan fingerprint density at radius 2 is 2.32 bits per heavy atom. The predicted octanol–water partition coefficient (Wildman–Crippen LogP) is 1.63. The van der Waals surface area contributed by atoms with Crippen LogP contribution in [0.4, 0.5) is 0 Å². The van der Waals surface area contributed by atoms with Gasteiger partial charge in [0.05, 0.1) is 24.0 Å². The van der Waals surface area contributed by atoms with Gasteiger partial charge in [-0.2, -0.15) is 0 Å². The molecule has 2 atom stereocenters.